The molecule has 1 aromatic heterocycles. The second kappa shape index (κ2) is 6.83. The predicted octanol–water partition coefficient (Wildman–Crippen LogP) is 3.98. The molecule has 1 saturated heterocycles. The Balaban J connectivity index is 1.68. The Labute approximate surface area is 153 Å². The third-order valence-electron chi connectivity index (χ3n) is 4.99. The summed E-state index contributed by atoms with van der Waals surface area (Å²) in [7, 11) is 1.64. The standard InChI is InChI=1S/C21H23N3O2/c1-3-11-23-19-10-5-4-9-18(19)22-21(23)15-12-20(25)24(14-15)16-7-6-8-17(13-16)26-2/h4-10,13,15H,3,11-12,14H2,1-2H3. The molecule has 2 heterocycles. The second-order valence-electron chi connectivity index (χ2n) is 6.72. The highest BCUT2D eigenvalue weighted by Crippen LogP contribution is 2.34. The fourth-order valence-electron chi connectivity index (χ4n) is 3.77. The molecule has 0 N–H and O–H groups in total. The van der Waals surface area contributed by atoms with Gasteiger partial charge in [-0.1, -0.05) is 25.1 Å². The number of benzene rings is 2. The summed E-state index contributed by atoms with van der Waals surface area (Å²) in [5.74, 6) is 2.02. The van der Waals surface area contributed by atoms with Gasteiger partial charge in [-0.25, -0.2) is 4.98 Å². The van der Waals surface area contributed by atoms with E-state index >= 15 is 0 Å². The van der Waals surface area contributed by atoms with Gasteiger partial charge < -0.3 is 14.2 Å². The van der Waals surface area contributed by atoms with Crippen molar-refractivity contribution in [2.24, 2.45) is 0 Å². The molecule has 1 amide bonds. The zero-order chi connectivity index (χ0) is 18.1. The predicted molar refractivity (Wildman–Crippen MR) is 103 cm³/mol. The normalized spacial score (nSPS) is 17.2. The van der Waals surface area contributed by atoms with Crippen LogP contribution in [0.2, 0.25) is 0 Å². The molecule has 5 nitrogen and oxygen atoms in total. The molecule has 0 aliphatic carbocycles. The summed E-state index contributed by atoms with van der Waals surface area (Å²) in [4.78, 5) is 19.4. The summed E-state index contributed by atoms with van der Waals surface area (Å²) in [5.41, 5.74) is 3.04. The Morgan fingerprint density at radius 3 is 2.85 bits per heavy atom. The molecule has 0 radical (unpaired) electrons. The number of aryl methyl sites for hydroxylation is 1. The first kappa shape index (κ1) is 16.6. The molecule has 0 bridgehead atoms. The van der Waals surface area contributed by atoms with Gasteiger partial charge in [-0.2, -0.15) is 0 Å². The minimum atomic E-state index is 0.104. The fraction of sp³-hybridized carbons (Fsp3) is 0.333. The van der Waals surface area contributed by atoms with E-state index in [-0.39, 0.29) is 11.8 Å². The maximum Gasteiger partial charge on any atom is 0.227 e. The number of nitrogens with zero attached hydrogens (tertiary/aromatic N) is 3. The van der Waals surface area contributed by atoms with Gasteiger partial charge in [0.2, 0.25) is 5.91 Å². The summed E-state index contributed by atoms with van der Waals surface area (Å²) < 4.78 is 7.58. The van der Waals surface area contributed by atoms with Crippen LogP contribution in [0.3, 0.4) is 0 Å². The van der Waals surface area contributed by atoms with Crippen molar-refractivity contribution in [1.82, 2.24) is 9.55 Å². The number of ether oxygens (including phenoxy) is 1. The fourth-order valence-corrected chi connectivity index (χ4v) is 3.77. The van der Waals surface area contributed by atoms with Crippen molar-refractivity contribution in [3.8, 4) is 5.75 Å². The van der Waals surface area contributed by atoms with Crippen LogP contribution < -0.4 is 9.64 Å². The number of aromatic nitrogens is 2. The summed E-state index contributed by atoms with van der Waals surface area (Å²) in [5, 5.41) is 0. The average Bonchev–Trinajstić information content (AvgIpc) is 3.23. The Kier molecular flexibility index (Phi) is 4.37. The lowest BCUT2D eigenvalue weighted by molar-refractivity contribution is -0.117. The van der Waals surface area contributed by atoms with Gasteiger partial charge in [-0.05, 0) is 30.7 Å². The summed E-state index contributed by atoms with van der Waals surface area (Å²) in [6.07, 6.45) is 1.53. The number of anilines is 1. The Morgan fingerprint density at radius 1 is 1.19 bits per heavy atom. The third-order valence-corrected chi connectivity index (χ3v) is 4.99. The molecule has 26 heavy (non-hydrogen) atoms. The van der Waals surface area contributed by atoms with Gasteiger partial charge in [0.25, 0.3) is 0 Å². The number of amides is 1. The first-order chi connectivity index (χ1) is 12.7. The molecule has 134 valence electrons. The van der Waals surface area contributed by atoms with E-state index in [1.807, 2.05) is 47.4 Å². The SMILES string of the molecule is CCCn1c(C2CC(=O)N(c3cccc(OC)c3)C2)nc2ccccc21. The van der Waals surface area contributed by atoms with Crippen LogP contribution in [0.25, 0.3) is 11.0 Å². The van der Waals surface area contributed by atoms with Crippen LogP contribution in [0, 0.1) is 0 Å². The van der Waals surface area contributed by atoms with E-state index in [4.69, 9.17) is 9.72 Å². The first-order valence-corrected chi connectivity index (χ1v) is 9.11. The van der Waals surface area contributed by atoms with E-state index in [2.05, 4.69) is 17.6 Å². The van der Waals surface area contributed by atoms with Gasteiger partial charge in [-0.15, -0.1) is 0 Å². The van der Waals surface area contributed by atoms with Crippen LogP contribution in [-0.4, -0.2) is 29.1 Å². The number of fused-ring (bicyclic) bond motifs is 1. The lowest BCUT2D eigenvalue weighted by Crippen LogP contribution is -2.24. The minimum Gasteiger partial charge on any atom is -0.497 e. The Hall–Kier alpha value is -2.82. The van der Waals surface area contributed by atoms with Gasteiger partial charge in [0.05, 0.1) is 18.1 Å². The monoisotopic (exact) mass is 349 g/mol. The highest BCUT2D eigenvalue weighted by Gasteiger charge is 2.34. The summed E-state index contributed by atoms with van der Waals surface area (Å²) in [6.45, 7) is 3.74. The van der Waals surface area contributed by atoms with Crippen LogP contribution in [0.5, 0.6) is 5.75 Å². The second-order valence-corrected chi connectivity index (χ2v) is 6.72. The quantitative estimate of drug-likeness (QED) is 0.700. The summed E-state index contributed by atoms with van der Waals surface area (Å²) >= 11 is 0. The van der Waals surface area contributed by atoms with Crippen molar-refractivity contribution in [2.45, 2.75) is 32.2 Å². The van der Waals surface area contributed by atoms with Gasteiger partial charge in [0, 0.05) is 37.2 Å². The van der Waals surface area contributed by atoms with Crippen LogP contribution in [0.1, 0.15) is 31.5 Å². The van der Waals surface area contributed by atoms with Crippen molar-refractivity contribution in [3.63, 3.8) is 0 Å². The molecule has 1 unspecified atom stereocenters. The topological polar surface area (TPSA) is 47.4 Å². The molecule has 1 atom stereocenters. The van der Waals surface area contributed by atoms with E-state index in [1.54, 1.807) is 7.11 Å². The molecule has 4 rings (SSSR count). The largest absolute Gasteiger partial charge is 0.497 e. The number of imidazole rings is 1. The van der Waals surface area contributed by atoms with Crippen molar-refractivity contribution in [2.75, 3.05) is 18.6 Å². The van der Waals surface area contributed by atoms with E-state index in [1.165, 1.54) is 0 Å². The van der Waals surface area contributed by atoms with Crippen molar-refractivity contribution in [1.29, 1.82) is 0 Å². The average molecular weight is 349 g/mol. The number of hydrogen-bond donors (Lipinski definition) is 0. The minimum absolute atomic E-state index is 0.104. The number of para-hydroxylation sites is 2. The molecule has 0 saturated carbocycles. The highest BCUT2D eigenvalue weighted by atomic mass is 16.5. The molecular weight excluding hydrogens is 326 g/mol. The molecule has 1 fully saturated rings. The van der Waals surface area contributed by atoms with Crippen LogP contribution in [-0.2, 0) is 11.3 Å². The molecule has 2 aromatic carbocycles. The van der Waals surface area contributed by atoms with Crippen molar-refractivity contribution < 1.29 is 9.53 Å². The number of rotatable bonds is 5. The van der Waals surface area contributed by atoms with Crippen molar-refractivity contribution >= 4 is 22.6 Å². The number of carbonyl (C=O) groups is 1. The molecule has 0 spiro atoms. The Morgan fingerprint density at radius 2 is 2.04 bits per heavy atom. The zero-order valence-electron chi connectivity index (χ0n) is 15.2. The number of carbonyl (C=O) groups excluding carboxylic acids is 1. The first-order valence-electron chi connectivity index (χ1n) is 9.11. The smallest absolute Gasteiger partial charge is 0.227 e. The lowest BCUT2D eigenvalue weighted by Gasteiger charge is -2.18. The van der Waals surface area contributed by atoms with Crippen LogP contribution in [0.4, 0.5) is 5.69 Å². The van der Waals surface area contributed by atoms with E-state index in [9.17, 15) is 4.79 Å². The van der Waals surface area contributed by atoms with Gasteiger partial charge in [-0.3, -0.25) is 4.79 Å². The maximum absolute atomic E-state index is 12.7. The number of hydrogen-bond acceptors (Lipinski definition) is 3. The van der Waals surface area contributed by atoms with Crippen molar-refractivity contribution in [3.05, 3.63) is 54.4 Å². The zero-order valence-corrected chi connectivity index (χ0v) is 15.2. The molecule has 5 heteroatoms. The maximum atomic E-state index is 12.7. The van der Waals surface area contributed by atoms with E-state index < -0.39 is 0 Å². The highest BCUT2D eigenvalue weighted by molar-refractivity contribution is 5.96. The Bertz CT molecular complexity index is 947. The van der Waals surface area contributed by atoms with E-state index in [0.717, 1.165) is 41.3 Å². The van der Waals surface area contributed by atoms with Gasteiger partial charge in [0.15, 0.2) is 0 Å². The van der Waals surface area contributed by atoms with Crippen LogP contribution in [0.15, 0.2) is 48.5 Å². The third kappa shape index (κ3) is 2.83. The number of methoxy groups -OCH3 is 1. The van der Waals surface area contributed by atoms with Gasteiger partial charge >= 0.3 is 0 Å². The molecular formula is C21H23N3O2. The molecule has 1 aliphatic heterocycles. The lowest BCUT2D eigenvalue weighted by atomic mass is 10.1. The molecule has 1 aliphatic rings. The van der Waals surface area contributed by atoms with Gasteiger partial charge in [0.1, 0.15) is 11.6 Å². The molecule has 3 aromatic rings. The van der Waals surface area contributed by atoms with E-state index in [0.29, 0.717) is 13.0 Å². The summed E-state index contributed by atoms with van der Waals surface area (Å²) in [6, 6.07) is 15.9. The van der Waals surface area contributed by atoms with Crippen LogP contribution >= 0.6 is 0 Å².